The average Bonchev–Trinajstić information content (AvgIpc) is 3.26. The number of amides is 1. The number of anilines is 1. The Bertz CT molecular complexity index is 1740. The summed E-state index contributed by atoms with van der Waals surface area (Å²) in [6.07, 6.45) is 4.26. The topological polar surface area (TPSA) is 81.3 Å². The molecule has 0 unspecified atom stereocenters. The molecule has 5 rings (SSSR count). The number of carbonyl (C=O) groups excluding carboxylic acids is 1. The van der Waals surface area contributed by atoms with Gasteiger partial charge in [0.25, 0.3) is 5.56 Å². The van der Waals surface area contributed by atoms with E-state index in [0.717, 1.165) is 27.4 Å². The summed E-state index contributed by atoms with van der Waals surface area (Å²) in [5, 5.41) is 8.75. The maximum atomic E-state index is 13.5. The minimum atomic E-state index is -0.367. The number of carbonyl (C=O) groups is 1. The predicted molar refractivity (Wildman–Crippen MR) is 152 cm³/mol. The third-order valence-corrected chi connectivity index (χ3v) is 6.95. The first-order valence-corrected chi connectivity index (χ1v) is 13.0. The Balaban J connectivity index is 1.52. The van der Waals surface area contributed by atoms with Crippen molar-refractivity contribution in [3.05, 3.63) is 105 Å². The second-order valence-electron chi connectivity index (χ2n) is 9.09. The smallest absolute Gasteiger partial charge is 0.282 e. The SMILES string of the molecule is CC[C@H](C)c1nc2ccc(Br)cc2c(=O)n1N=Cc1cn(CC(=O)Nc2ccc(F)cc2)c2ccccc12. The van der Waals surface area contributed by atoms with Crippen LogP contribution in [0.1, 0.15) is 37.6 Å². The second kappa shape index (κ2) is 10.7. The summed E-state index contributed by atoms with van der Waals surface area (Å²) in [6, 6.07) is 18.7. The molecule has 2 aromatic heterocycles. The molecule has 0 aliphatic carbocycles. The van der Waals surface area contributed by atoms with Gasteiger partial charge in [0.2, 0.25) is 5.91 Å². The monoisotopic (exact) mass is 573 g/mol. The number of nitrogens with zero attached hydrogens (tertiary/aromatic N) is 4. The van der Waals surface area contributed by atoms with Gasteiger partial charge >= 0.3 is 0 Å². The van der Waals surface area contributed by atoms with E-state index in [2.05, 4.69) is 26.3 Å². The van der Waals surface area contributed by atoms with Crippen molar-refractivity contribution in [3.63, 3.8) is 0 Å². The number of rotatable bonds is 7. The molecule has 2 heterocycles. The lowest BCUT2D eigenvalue weighted by molar-refractivity contribution is -0.116. The largest absolute Gasteiger partial charge is 0.337 e. The molecule has 38 heavy (non-hydrogen) atoms. The third-order valence-electron chi connectivity index (χ3n) is 6.46. The molecule has 192 valence electrons. The van der Waals surface area contributed by atoms with Crippen LogP contribution >= 0.6 is 15.9 Å². The van der Waals surface area contributed by atoms with E-state index in [9.17, 15) is 14.0 Å². The number of halogens is 2. The van der Waals surface area contributed by atoms with E-state index in [0.29, 0.717) is 22.4 Å². The fraction of sp³-hybridized carbons (Fsp3) is 0.172. The van der Waals surface area contributed by atoms with Crippen molar-refractivity contribution >= 4 is 55.5 Å². The third kappa shape index (κ3) is 5.15. The molecule has 1 atom stereocenters. The molecule has 5 aromatic rings. The van der Waals surface area contributed by atoms with Crippen molar-refractivity contribution in [1.29, 1.82) is 0 Å². The van der Waals surface area contributed by atoms with Crippen LogP contribution in [0.3, 0.4) is 0 Å². The number of hydrogen-bond donors (Lipinski definition) is 1. The van der Waals surface area contributed by atoms with Gasteiger partial charge in [-0.25, -0.2) is 9.37 Å². The summed E-state index contributed by atoms with van der Waals surface area (Å²) in [5.74, 6) is -0.0102. The summed E-state index contributed by atoms with van der Waals surface area (Å²) in [6.45, 7) is 4.11. The zero-order valence-electron chi connectivity index (χ0n) is 20.9. The highest BCUT2D eigenvalue weighted by atomic mass is 79.9. The molecular weight excluding hydrogens is 549 g/mol. The van der Waals surface area contributed by atoms with Gasteiger partial charge in [-0.3, -0.25) is 9.59 Å². The Hall–Kier alpha value is -4.11. The first kappa shape index (κ1) is 25.5. The molecule has 0 aliphatic rings. The molecule has 1 amide bonds. The van der Waals surface area contributed by atoms with Crippen LogP contribution in [0.2, 0.25) is 0 Å². The van der Waals surface area contributed by atoms with Gasteiger partial charge in [0, 0.05) is 38.7 Å². The summed E-state index contributed by atoms with van der Waals surface area (Å²) >= 11 is 3.43. The fourth-order valence-corrected chi connectivity index (χ4v) is 4.66. The molecule has 9 heteroatoms. The number of fused-ring (bicyclic) bond motifs is 2. The van der Waals surface area contributed by atoms with E-state index in [1.807, 2.05) is 61.0 Å². The van der Waals surface area contributed by atoms with E-state index >= 15 is 0 Å². The van der Waals surface area contributed by atoms with Gasteiger partial charge in [-0.05, 0) is 55.0 Å². The van der Waals surface area contributed by atoms with Crippen molar-refractivity contribution in [2.24, 2.45) is 5.10 Å². The first-order chi connectivity index (χ1) is 18.3. The van der Waals surface area contributed by atoms with Gasteiger partial charge in [-0.2, -0.15) is 9.78 Å². The maximum Gasteiger partial charge on any atom is 0.282 e. The molecule has 1 N–H and O–H groups in total. The zero-order valence-corrected chi connectivity index (χ0v) is 22.4. The number of aromatic nitrogens is 3. The molecule has 7 nitrogen and oxygen atoms in total. The molecule has 0 aliphatic heterocycles. The Morgan fingerprint density at radius 3 is 2.66 bits per heavy atom. The van der Waals surface area contributed by atoms with Crippen LogP contribution in [0.15, 0.2) is 87.3 Å². The van der Waals surface area contributed by atoms with E-state index < -0.39 is 0 Å². The molecule has 0 fully saturated rings. The van der Waals surface area contributed by atoms with Gasteiger partial charge in [-0.1, -0.05) is 48.0 Å². The molecule has 0 saturated carbocycles. The van der Waals surface area contributed by atoms with Crippen molar-refractivity contribution < 1.29 is 9.18 Å². The van der Waals surface area contributed by atoms with Crippen molar-refractivity contribution in [3.8, 4) is 0 Å². The fourth-order valence-electron chi connectivity index (χ4n) is 4.30. The Labute approximate surface area is 226 Å². The Morgan fingerprint density at radius 2 is 1.89 bits per heavy atom. The molecule has 0 radical (unpaired) electrons. The van der Waals surface area contributed by atoms with Gasteiger partial charge < -0.3 is 9.88 Å². The summed E-state index contributed by atoms with van der Waals surface area (Å²) in [7, 11) is 0. The highest BCUT2D eigenvalue weighted by molar-refractivity contribution is 9.10. The minimum Gasteiger partial charge on any atom is -0.337 e. The van der Waals surface area contributed by atoms with Crippen LogP contribution in [0.25, 0.3) is 21.8 Å². The molecule has 0 spiro atoms. The highest BCUT2D eigenvalue weighted by Gasteiger charge is 2.16. The minimum absolute atomic E-state index is 0.0180. The summed E-state index contributed by atoms with van der Waals surface area (Å²) in [4.78, 5) is 30.9. The summed E-state index contributed by atoms with van der Waals surface area (Å²) in [5.41, 5.74) is 2.50. The van der Waals surface area contributed by atoms with Crippen LogP contribution in [-0.4, -0.2) is 26.3 Å². The Morgan fingerprint density at radius 1 is 1.13 bits per heavy atom. The lowest BCUT2D eigenvalue weighted by Gasteiger charge is -2.13. The number of para-hydroxylation sites is 1. The van der Waals surface area contributed by atoms with Gasteiger partial charge in [0.15, 0.2) is 0 Å². The predicted octanol–water partition coefficient (Wildman–Crippen LogP) is 6.29. The maximum absolute atomic E-state index is 13.5. The molecule has 0 bridgehead atoms. The summed E-state index contributed by atoms with van der Waals surface area (Å²) < 4.78 is 17.2. The molecule has 3 aromatic carbocycles. The standard InChI is InChI=1S/C29H25BrFN5O2/c1-3-18(2)28-34-25-13-8-20(30)14-24(25)29(38)36(28)32-15-19-16-35(26-7-5-4-6-23(19)26)17-27(37)33-22-11-9-21(31)10-12-22/h4-16,18H,3,17H2,1-2H3,(H,33,37)/t18-/m0/s1. The van der Waals surface area contributed by atoms with E-state index in [4.69, 9.17) is 4.98 Å². The highest BCUT2D eigenvalue weighted by Crippen LogP contribution is 2.23. The zero-order chi connectivity index (χ0) is 26.8. The number of benzene rings is 3. The van der Waals surface area contributed by atoms with Gasteiger partial charge in [0.05, 0.1) is 17.1 Å². The lowest BCUT2D eigenvalue weighted by Crippen LogP contribution is -2.23. The molecular formula is C29H25BrFN5O2. The van der Waals surface area contributed by atoms with Gasteiger partial charge in [0.1, 0.15) is 18.2 Å². The van der Waals surface area contributed by atoms with Crippen LogP contribution in [0.5, 0.6) is 0 Å². The average molecular weight is 574 g/mol. The van der Waals surface area contributed by atoms with E-state index in [1.54, 1.807) is 12.3 Å². The van der Waals surface area contributed by atoms with Crippen LogP contribution < -0.4 is 10.9 Å². The molecule has 0 saturated heterocycles. The Kier molecular flexibility index (Phi) is 7.20. The van der Waals surface area contributed by atoms with Crippen molar-refractivity contribution in [2.75, 3.05) is 5.32 Å². The van der Waals surface area contributed by atoms with Crippen molar-refractivity contribution in [1.82, 2.24) is 14.2 Å². The van der Waals surface area contributed by atoms with Crippen LogP contribution in [0, 0.1) is 5.82 Å². The van der Waals surface area contributed by atoms with Crippen molar-refractivity contribution in [2.45, 2.75) is 32.7 Å². The van der Waals surface area contributed by atoms with Gasteiger partial charge in [-0.15, -0.1) is 0 Å². The van der Waals surface area contributed by atoms with E-state index in [-0.39, 0.29) is 29.7 Å². The number of nitrogens with one attached hydrogen (secondary N) is 1. The van der Waals surface area contributed by atoms with Crippen LogP contribution in [0.4, 0.5) is 10.1 Å². The second-order valence-corrected chi connectivity index (χ2v) is 10.0. The number of hydrogen-bond acceptors (Lipinski definition) is 4. The first-order valence-electron chi connectivity index (χ1n) is 12.2. The lowest BCUT2D eigenvalue weighted by atomic mass is 10.1. The quantitative estimate of drug-likeness (QED) is 0.232. The van der Waals surface area contributed by atoms with E-state index in [1.165, 1.54) is 28.9 Å². The normalized spacial score (nSPS) is 12.4. The van der Waals surface area contributed by atoms with Crippen LogP contribution in [-0.2, 0) is 11.3 Å².